The quantitative estimate of drug-likeness (QED) is 0.146. The predicted molar refractivity (Wildman–Crippen MR) is 253 cm³/mol. The lowest BCUT2D eigenvalue weighted by atomic mass is 9.92. The van der Waals surface area contributed by atoms with Crippen molar-refractivity contribution in [1.82, 2.24) is 19.5 Å². The second-order valence-electron chi connectivity index (χ2n) is 15.2. The number of fused-ring (bicyclic) bond motifs is 3. The molecule has 0 saturated heterocycles. The molecule has 0 bridgehead atoms. The van der Waals surface area contributed by atoms with Gasteiger partial charge >= 0.3 is 0 Å². The molecule has 292 valence electrons. The number of benzene rings is 9. The zero-order valence-electron chi connectivity index (χ0n) is 33.6. The summed E-state index contributed by atoms with van der Waals surface area (Å²) in [4.78, 5) is 15.6. The first-order chi connectivity index (χ1) is 30.7. The molecule has 0 aliphatic heterocycles. The summed E-state index contributed by atoms with van der Waals surface area (Å²) in [6, 6.07) is 79.8. The van der Waals surface area contributed by atoms with E-state index >= 15 is 0 Å². The molecule has 0 atom stereocenters. The molecule has 0 spiro atoms. The minimum Gasteiger partial charge on any atom is -0.457 e. The summed E-state index contributed by atoms with van der Waals surface area (Å²) in [5.41, 5.74) is 12.6. The Bertz CT molecular complexity index is 3290. The Balaban J connectivity index is 1.17. The third kappa shape index (κ3) is 6.97. The van der Waals surface area contributed by atoms with Crippen molar-refractivity contribution in [2.45, 2.75) is 0 Å². The van der Waals surface area contributed by atoms with Crippen LogP contribution in [0.3, 0.4) is 0 Å². The van der Waals surface area contributed by atoms with Crippen molar-refractivity contribution in [3.8, 4) is 84.7 Å². The fraction of sp³-hybridized carbons (Fsp3) is 0. The largest absolute Gasteiger partial charge is 0.457 e. The van der Waals surface area contributed by atoms with Gasteiger partial charge in [-0.25, -0.2) is 15.0 Å². The molecule has 2 heterocycles. The number of para-hydroxylation sites is 2. The lowest BCUT2D eigenvalue weighted by Gasteiger charge is -2.21. The SMILES string of the molecule is c1ccc(Oc2cccc(-c3nc(-c4ccccc4)nc(-c4cc(-c5ccccc5)c(-n5c6ccccc6c6cc(-c7ccccc7)ccc65)c(-c5ccccc5)c4)n3)c2)cc1. The molecule has 62 heavy (non-hydrogen) atoms. The van der Waals surface area contributed by atoms with Crippen molar-refractivity contribution < 1.29 is 4.74 Å². The summed E-state index contributed by atoms with van der Waals surface area (Å²) < 4.78 is 8.71. The number of hydrogen-bond acceptors (Lipinski definition) is 4. The van der Waals surface area contributed by atoms with Gasteiger partial charge in [0.2, 0.25) is 0 Å². The number of hydrogen-bond donors (Lipinski definition) is 0. The van der Waals surface area contributed by atoms with E-state index in [1.54, 1.807) is 0 Å². The Morgan fingerprint density at radius 2 is 0.758 bits per heavy atom. The zero-order chi connectivity index (χ0) is 41.2. The molecule has 11 aromatic rings. The lowest BCUT2D eigenvalue weighted by molar-refractivity contribution is 0.483. The first-order valence-corrected chi connectivity index (χ1v) is 20.8. The molecule has 0 amide bonds. The molecule has 0 unspecified atom stereocenters. The normalized spacial score (nSPS) is 11.2. The fourth-order valence-corrected chi connectivity index (χ4v) is 8.38. The van der Waals surface area contributed by atoms with E-state index in [1.807, 2.05) is 84.9 Å². The van der Waals surface area contributed by atoms with Crippen molar-refractivity contribution in [3.05, 3.63) is 231 Å². The summed E-state index contributed by atoms with van der Waals surface area (Å²) in [6.07, 6.45) is 0. The molecular formula is C57H38N4O. The molecule has 0 radical (unpaired) electrons. The lowest BCUT2D eigenvalue weighted by Crippen LogP contribution is -2.04. The van der Waals surface area contributed by atoms with Crippen LogP contribution in [0.4, 0.5) is 0 Å². The highest BCUT2D eigenvalue weighted by atomic mass is 16.5. The number of aromatic nitrogens is 4. The molecule has 9 aromatic carbocycles. The molecular weight excluding hydrogens is 757 g/mol. The van der Waals surface area contributed by atoms with Crippen LogP contribution < -0.4 is 4.74 Å². The monoisotopic (exact) mass is 794 g/mol. The van der Waals surface area contributed by atoms with Crippen molar-refractivity contribution in [3.63, 3.8) is 0 Å². The molecule has 0 fully saturated rings. The maximum Gasteiger partial charge on any atom is 0.164 e. The summed E-state index contributed by atoms with van der Waals surface area (Å²) in [5, 5.41) is 2.38. The molecule has 5 nitrogen and oxygen atoms in total. The van der Waals surface area contributed by atoms with Crippen LogP contribution in [-0.2, 0) is 0 Å². The number of nitrogens with zero attached hydrogens (tertiary/aromatic N) is 4. The summed E-state index contributed by atoms with van der Waals surface area (Å²) in [5.74, 6) is 3.16. The van der Waals surface area contributed by atoms with Crippen molar-refractivity contribution in [2.24, 2.45) is 0 Å². The maximum atomic E-state index is 6.26. The van der Waals surface area contributed by atoms with E-state index in [4.69, 9.17) is 19.7 Å². The van der Waals surface area contributed by atoms with E-state index in [-0.39, 0.29) is 0 Å². The van der Waals surface area contributed by atoms with Gasteiger partial charge in [0.15, 0.2) is 17.5 Å². The van der Waals surface area contributed by atoms with E-state index in [1.165, 1.54) is 21.9 Å². The number of rotatable bonds is 9. The highest BCUT2D eigenvalue weighted by Gasteiger charge is 2.23. The van der Waals surface area contributed by atoms with Crippen LogP contribution in [0, 0.1) is 0 Å². The second-order valence-corrected chi connectivity index (χ2v) is 15.2. The van der Waals surface area contributed by atoms with Gasteiger partial charge in [0, 0.05) is 38.6 Å². The van der Waals surface area contributed by atoms with Gasteiger partial charge in [0.25, 0.3) is 0 Å². The molecule has 11 rings (SSSR count). The molecule has 5 heteroatoms. The van der Waals surface area contributed by atoms with Crippen LogP contribution in [0.5, 0.6) is 11.5 Å². The van der Waals surface area contributed by atoms with Crippen LogP contribution in [0.1, 0.15) is 0 Å². The minimum atomic E-state index is 0.551. The van der Waals surface area contributed by atoms with E-state index in [2.05, 4.69) is 150 Å². The van der Waals surface area contributed by atoms with E-state index in [9.17, 15) is 0 Å². The van der Waals surface area contributed by atoms with Crippen LogP contribution in [0.25, 0.3) is 95.0 Å². The molecule has 2 aromatic heterocycles. The average molecular weight is 795 g/mol. The van der Waals surface area contributed by atoms with Gasteiger partial charge in [-0.1, -0.05) is 176 Å². The Labute approximate surface area is 359 Å². The molecule has 0 N–H and O–H groups in total. The molecule has 0 saturated carbocycles. The van der Waals surface area contributed by atoms with Crippen LogP contribution >= 0.6 is 0 Å². The summed E-state index contributed by atoms with van der Waals surface area (Å²) in [7, 11) is 0. The Hall–Kier alpha value is -8.41. The van der Waals surface area contributed by atoms with Crippen molar-refractivity contribution >= 4 is 21.8 Å². The van der Waals surface area contributed by atoms with Gasteiger partial charge < -0.3 is 9.30 Å². The third-order valence-electron chi connectivity index (χ3n) is 11.3. The second kappa shape index (κ2) is 16.0. The molecule has 0 aliphatic carbocycles. The van der Waals surface area contributed by atoms with Crippen molar-refractivity contribution in [2.75, 3.05) is 0 Å². The maximum absolute atomic E-state index is 6.26. The van der Waals surface area contributed by atoms with E-state index in [0.717, 1.165) is 61.4 Å². The van der Waals surface area contributed by atoms with Crippen LogP contribution in [-0.4, -0.2) is 19.5 Å². The summed E-state index contributed by atoms with van der Waals surface area (Å²) >= 11 is 0. The third-order valence-corrected chi connectivity index (χ3v) is 11.3. The van der Waals surface area contributed by atoms with Crippen LogP contribution in [0.2, 0.25) is 0 Å². The first kappa shape index (κ1) is 36.7. The molecule has 0 aliphatic rings. The first-order valence-electron chi connectivity index (χ1n) is 20.8. The Morgan fingerprint density at radius 1 is 0.290 bits per heavy atom. The fourth-order valence-electron chi connectivity index (χ4n) is 8.38. The van der Waals surface area contributed by atoms with Crippen molar-refractivity contribution in [1.29, 1.82) is 0 Å². The average Bonchev–Trinajstić information content (AvgIpc) is 3.68. The smallest absolute Gasteiger partial charge is 0.164 e. The standard InChI is InChI=1S/C57H38N4O/c1-6-19-39(20-7-1)43-33-34-53-51(36-43)48-31-16-17-32-52(48)61(53)54-49(40-21-8-2-9-22-40)37-45(38-50(54)41-23-10-3-11-24-41)57-59-55(42-25-12-4-13-26-42)58-56(60-57)44-27-18-30-47(35-44)62-46-28-14-5-15-29-46/h1-38H. The van der Waals surface area contributed by atoms with Gasteiger partial charge in [-0.05, 0) is 76.9 Å². The van der Waals surface area contributed by atoms with Crippen LogP contribution in [0.15, 0.2) is 231 Å². The summed E-state index contributed by atoms with van der Waals surface area (Å²) in [6.45, 7) is 0. The van der Waals surface area contributed by atoms with Gasteiger partial charge in [-0.3, -0.25) is 0 Å². The predicted octanol–water partition coefficient (Wildman–Crippen LogP) is 14.8. The topological polar surface area (TPSA) is 52.8 Å². The van der Waals surface area contributed by atoms with Gasteiger partial charge in [-0.15, -0.1) is 0 Å². The van der Waals surface area contributed by atoms with Gasteiger partial charge in [0.05, 0.1) is 16.7 Å². The Morgan fingerprint density at radius 3 is 1.39 bits per heavy atom. The zero-order valence-corrected chi connectivity index (χ0v) is 33.6. The highest BCUT2D eigenvalue weighted by Crippen LogP contribution is 2.44. The van der Waals surface area contributed by atoms with Gasteiger partial charge in [-0.2, -0.15) is 0 Å². The highest BCUT2D eigenvalue weighted by molar-refractivity contribution is 6.12. The minimum absolute atomic E-state index is 0.551. The van der Waals surface area contributed by atoms with Gasteiger partial charge in [0.1, 0.15) is 11.5 Å². The van der Waals surface area contributed by atoms with E-state index < -0.39 is 0 Å². The Kier molecular flexibility index (Phi) is 9.45. The van der Waals surface area contributed by atoms with E-state index in [0.29, 0.717) is 23.2 Å². The number of ether oxygens (including phenoxy) is 1.